The summed E-state index contributed by atoms with van der Waals surface area (Å²) in [6, 6.07) is 7.54. The first-order valence-electron chi connectivity index (χ1n) is 7.16. The van der Waals surface area contributed by atoms with Crippen LogP contribution in [0.3, 0.4) is 0 Å². The molecule has 0 saturated heterocycles. The topological polar surface area (TPSA) is 49.4 Å². The fourth-order valence-corrected chi connectivity index (χ4v) is 2.99. The monoisotopic (exact) mass is 298 g/mol. The lowest BCUT2D eigenvalue weighted by molar-refractivity contribution is 0.459. The third-order valence-corrected chi connectivity index (χ3v) is 5.04. The van der Waals surface area contributed by atoms with E-state index in [-0.39, 0.29) is 0 Å². The zero-order chi connectivity index (χ0) is 15.2. The second kappa shape index (κ2) is 7.76. The Bertz CT molecular complexity index is 495. The summed E-state index contributed by atoms with van der Waals surface area (Å²) in [4.78, 5) is 0.365. The van der Waals surface area contributed by atoms with Crippen LogP contribution < -0.4 is 5.32 Å². The van der Waals surface area contributed by atoms with Gasteiger partial charge in [0.25, 0.3) is 0 Å². The number of sulfonamides is 1. The van der Waals surface area contributed by atoms with Crippen molar-refractivity contribution in [3.63, 3.8) is 0 Å². The van der Waals surface area contributed by atoms with E-state index in [0.717, 1.165) is 24.9 Å². The Balaban J connectivity index is 2.76. The highest BCUT2D eigenvalue weighted by molar-refractivity contribution is 7.89. The number of benzene rings is 1. The highest BCUT2D eigenvalue weighted by Crippen LogP contribution is 2.15. The second-order valence-corrected chi connectivity index (χ2v) is 7.40. The van der Waals surface area contributed by atoms with Crippen LogP contribution in [0.2, 0.25) is 0 Å². The van der Waals surface area contributed by atoms with E-state index in [2.05, 4.69) is 26.1 Å². The van der Waals surface area contributed by atoms with Gasteiger partial charge in [-0.25, -0.2) is 12.7 Å². The molecule has 0 aromatic heterocycles. The first kappa shape index (κ1) is 17.1. The van der Waals surface area contributed by atoms with Crippen LogP contribution in [-0.4, -0.2) is 32.4 Å². The molecule has 114 valence electrons. The van der Waals surface area contributed by atoms with E-state index in [9.17, 15) is 8.42 Å². The van der Waals surface area contributed by atoms with Crippen LogP contribution in [0.1, 0.15) is 39.2 Å². The van der Waals surface area contributed by atoms with Gasteiger partial charge >= 0.3 is 0 Å². The molecule has 0 saturated carbocycles. The normalized spacial score (nSPS) is 12.3. The summed E-state index contributed by atoms with van der Waals surface area (Å²) >= 11 is 0. The third-order valence-electron chi connectivity index (χ3n) is 3.17. The third kappa shape index (κ3) is 4.89. The summed E-state index contributed by atoms with van der Waals surface area (Å²) in [6.45, 7) is 7.54. The van der Waals surface area contributed by atoms with Gasteiger partial charge in [0, 0.05) is 26.2 Å². The number of nitrogens with zero attached hydrogens (tertiary/aromatic N) is 1. The molecule has 1 rings (SSSR count). The van der Waals surface area contributed by atoms with Crippen molar-refractivity contribution in [3.05, 3.63) is 29.8 Å². The summed E-state index contributed by atoms with van der Waals surface area (Å²) in [5.74, 6) is 0. The van der Waals surface area contributed by atoms with Crippen LogP contribution in [0, 0.1) is 0 Å². The van der Waals surface area contributed by atoms with Gasteiger partial charge in [0.15, 0.2) is 0 Å². The predicted molar refractivity (Wildman–Crippen MR) is 83.1 cm³/mol. The van der Waals surface area contributed by atoms with E-state index in [1.165, 1.54) is 4.31 Å². The molecule has 1 aromatic rings. The predicted octanol–water partition coefficient (Wildman–Crippen LogP) is 2.61. The minimum absolute atomic E-state index is 0.365. The van der Waals surface area contributed by atoms with Crippen molar-refractivity contribution in [1.29, 1.82) is 0 Å². The van der Waals surface area contributed by atoms with Gasteiger partial charge in [0.2, 0.25) is 10.0 Å². The van der Waals surface area contributed by atoms with Gasteiger partial charge in [-0.15, -0.1) is 0 Å². The molecule has 0 unspecified atom stereocenters. The molecule has 0 spiro atoms. The van der Waals surface area contributed by atoms with Gasteiger partial charge in [0.1, 0.15) is 0 Å². The molecule has 0 bridgehead atoms. The van der Waals surface area contributed by atoms with Gasteiger partial charge in [-0.05, 0) is 24.1 Å². The largest absolute Gasteiger partial charge is 0.310 e. The van der Waals surface area contributed by atoms with E-state index in [4.69, 9.17) is 0 Å². The highest BCUT2D eigenvalue weighted by Gasteiger charge is 2.19. The molecule has 1 N–H and O–H groups in total. The maximum atomic E-state index is 12.3. The molecule has 0 amide bonds. The molecule has 20 heavy (non-hydrogen) atoms. The van der Waals surface area contributed by atoms with E-state index in [1.807, 2.05) is 12.1 Å². The first-order chi connectivity index (χ1) is 9.37. The fourth-order valence-electron chi connectivity index (χ4n) is 1.78. The minimum atomic E-state index is -3.35. The number of rotatable bonds is 8. The summed E-state index contributed by atoms with van der Waals surface area (Å²) in [5.41, 5.74) is 1.09. The smallest absolute Gasteiger partial charge is 0.242 e. The van der Waals surface area contributed by atoms with E-state index < -0.39 is 10.0 Å². The number of hydrogen-bond acceptors (Lipinski definition) is 3. The van der Waals surface area contributed by atoms with Crippen LogP contribution in [0.15, 0.2) is 29.2 Å². The van der Waals surface area contributed by atoms with E-state index in [1.54, 1.807) is 19.2 Å². The standard InChI is InChI=1S/C15H26N2O2S/c1-5-6-11-17(4)20(18,19)15-9-7-14(8-10-15)12-16-13(2)3/h7-10,13,16H,5-6,11-12H2,1-4H3. The van der Waals surface area contributed by atoms with Crippen LogP contribution in [-0.2, 0) is 16.6 Å². The summed E-state index contributed by atoms with van der Waals surface area (Å²) < 4.78 is 26.1. The lowest BCUT2D eigenvalue weighted by atomic mass is 10.2. The molecule has 1 aromatic carbocycles. The van der Waals surface area contributed by atoms with Crippen LogP contribution in [0.5, 0.6) is 0 Å². The van der Waals surface area contributed by atoms with Crippen molar-refractivity contribution in [2.45, 2.75) is 51.1 Å². The molecule has 5 heteroatoms. The Labute approximate surface area is 123 Å². The molecule has 0 fully saturated rings. The van der Waals surface area contributed by atoms with Crippen molar-refractivity contribution in [2.24, 2.45) is 0 Å². The van der Waals surface area contributed by atoms with Crippen molar-refractivity contribution < 1.29 is 8.42 Å². The van der Waals surface area contributed by atoms with Crippen molar-refractivity contribution in [2.75, 3.05) is 13.6 Å². The summed E-state index contributed by atoms with van der Waals surface area (Å²) in [7, 11) is -1.71. The van der Waals surface area contributed by atoms with Crippen LogP contribution in [0.4, 0.5) is 0 Å². The Morgan fingerprint density at radius 1 is 1.20 bits per heavy atom. The molecule has 4 nitrogen and oxygen atoms in total. The number of hydrogen-bond donors (Lipinski definition) is 1. The lowest BCUT2D eigenvalue weighted by Gasteiger charge is -2.17. The average Bonchev–Trinajstić information content (AvgIpc) is 2.42. The minimum Gasteiger partial charge on any atom is -0.310 e. The van der Waals surface area contributed by atoms with Crippen molar-refractivity contribution >= 4 is 10.0 Å². The fraction of sp³-hybridized carbons (Fsp3) is 0.600. The van der Waals surface area contributed by atoms with E-state index >= 15 is 0 Å². The van der Waals surface area contributed by atoms with Gasteiger partial charge in [-0.3, -0.25) is 0 Å². The van der Waals surface area contributed by atoms with Gasteiger partial charge < -0.3 is 5.32 Å². The molecular weight excluding hydrogens is 272 g/mol. The lowest BCUT2D eigenvalue weighted by Crippen LogP contribution is -2.28. The quantitative estimate of drug-likeness (QED) is 0.802. The maximum absolute atomic E-state index is 12.3. The van der Waals surface area contributed by atoms with Crippen molar-refractivity contribution in [1.82, 2.24) is 9.62 Å². The maximum Gasteiger partial charge on any atom is 0.242 e. The van der Waals surface area contributed by atoms with E-state index in [0.29, 0.717) is 17.5 Å². The van der Waals surface area contributed by atoms with Crippen LogP contribution in [0.25, 0.3) is 0 Å². The van der Waals surface area contributed by atoms with Gasteiger partial charge in [-0.2, -0.15) is 0 Å². The Kier molecular flexibility index (Phi) is 6.65. The molecule has 0 aliphatic carbocycles. The first-order valence-corrected chi connectivity index (χ1v) is 8.60. The number of unbranched alkanes of at least 4 members (excludes halogenated alkanes) is 1. The second-order valence-electron chi connectivity index (χ2n) is 5.36. The van der Waals surface area contributed by atoms with Crippen LogP contribution >= 0.6 is 0 Å². The Morgan fingerprint density at radius 3 is 2.30 bits per heavy atom. The molecule has 0 radical (unpaired) electrons. The zero-order valence-corrected chi connectivity index (χ0v) is 13.7. The molecule has 0 aliphatic heterocycles. The highest BCUT2D eigenvalue weighted by atomic mass is 32.2. The Morgan fingerprint density at radius 2 is 1.80 bits per heavy atom. The van der Waals surface area contributed by atoms with Crippen molar-refractivity contribution in [3.8, 4) is 0 Å². The molecule has 0 aliphatic rings. The zero-order valence-electron chi connectivity index (χ0n) is 12.9. The van der Waals surface area contributed by atoms with Gasteiger partial charge in [-0.1, -0.05) is 39.3 Å². The summed E-state index contributed by atoms with van der Waals surface area (Å²) in [5, 5.41) is 3.31. The SMILES string of the molecule is CCCCN(C)S(=O)(=O)c1ccc(CNC(C)C)cc1. The average molecular weight is 298 g/mol. The molecule has 0 heterocycles. The van der Waals surface area contributed by atoms with Gasteiger partial charge in [0.05, 0.1) is 4.90 Å². The molecule has 0 atom stereocenters. The Hall–Kier alpha value is -0.910. The molecular formula is C15H26N2O2S. The summed E-state index contributed by atoms with van der Waals surface area (Å²) in [6.07, 6.45) is 1.87. The number of nitrogens with one attached hydrogen (secondary N) is 1.